The van der Waals surface area contributed by atoms with Crippen LogP contribution in [-0.2, 0) is 19.1 Å². The number of ether oxygens (including phenoxy) is 2. The van der Waals surface area contributed by atoms with Gasteiger partial charge in [-0.3, -0.25) is 0 Å². The van der Waals surface area contributed by atoms with Crippen molar-refractivity contribution < 1.29 is 24.2 Å². The molecule has 3 rings (SSSR count). The minimum Gasteiger partial charge on any atom is -0.465 e. The Bertz CT molecular complexity index is 777. The largest absolute Gasteiger partial charge is 0.465 e. The molecule has 26 heavy (non-hydrogen) atoms. The summed E-state index contributed by atoms with van der Waals surface area (Å²) >= 11 is 8.89. The lowest BCUT2D eigenvalue weighted by Crippen LogP contribution is -2.08. The number of aliphatic hydroxyl groups is 1. The van der Waals surface area contributed by atoms with Gasteiger partial charge in [-0.25, -0.2) is 9.59 Å². The zero-order valence-electron chi connectivity index (χ0n) is 13.5. The van der Waals surface area contributed by atoms with Gasteiger partial charge < -0.3 is 14.6 Å². The summed E-state index contributed by atoms with van der Waals surface area (Å²) in [5.74, 6) is -1.09. The minimum atomic E-state index is -0.544. The molecule has 3 heterocycles. The maximum Gasteiger partial charge on any atom is 0.346 e. The average Bonchev–Trinajstić information content (AvgIpc) is 3.39. The molecule has 0 radical (unpaired) electrons. The number of thioether (sulfide) groups is 6. The third-order valence-electron chi connectivity index (χ3n) is 2.95. The van der Waals surface area contributed by atoms with Crippen molar-refractivity contribution in [2.75, 3.05) is 20.8 Å². The highest BCUT2D eigenvalue weighted by molar-refractivity contribution is 8.34. The number of methoxy groups -OCH3 is 2. The molecule has 5 nitrogen and oxygen atoms in total. The van der Waals surface area contributed by atoms with Gasteiger partial charge in [0.2, 0.25) is 0 Å². The Kier molecular flexibility index (Phi) is 7.28. The number of carbonyl (C=O) groups is 2. The fraction of sp³-hybridized carbons (Fsp3) is 0.200. The van der Waals surface area contributed by atoms with Crippen molar-refractivity contribution in [2.45, 2.75) is 0 Å². The highest BCUT2D eigenvalue weighted by Gasteiger charge is 2.32. The van der Waals surface area contributed by atoms with Gasteiger partial charge in [-0.15, -0.1) is 0 Å². The predicted molar refractivity (Wildman–Crippen MR) is 115 cm³/mol. The van der Waals surface area contributed by atoms with Crippen LogP contribution in [0.1, 0.15) is 0 Å². The maximum absolute atomic E-state index is 11.9. The third-order valence-corrected chi connectivity index (χ3v) is 10.6. The Morgan fingerprint density at radius 3 is 2.08 bits per heavy atom. The molecule has 3 aliphatic heterocycles. The van der Waals surface area contributed by atoms with E-state index in [1.54, 1.807) is 47.0 Å². The number of allylic oxidation sites excluding steroid dienone is 1. The molecule has 1 N–H and O–H groups in total. The van der Waals surface area contributed by atoms with Gasteiger partial charge in [0.25, 0.3) is 0 Å². The second kappa shape index (κ2) is 9.26. The molecule has 11 heteroatoms. The molecule has 0 saturated heterocycles. The first-order chi connectivity index (χ1) is 12.5. The molecule has 0 aromatic heterocycles. The SMILES string of the molecule is COC(=O)C1=C(C(=O)OC)SC(=CC2=CS/C(=C3\SC=C(CO)S3)S2)S1. The molecule has 0 aromatic rings. The van der Waals surface area contributed by atoms with E-state index in [4.69, 9.17) is 9.47 Å². The lowest BCUT2D eigenvalue weighted by Gasteiger charge is -2.02. The van der Waals surface area contributed by atoms with Gasteiger partial charge in [0, 0.05) is 9.81 Å². The van der Waals surface area contributed by atoms with E-state index in [-0.39, 0.29) is 16.4 Å². The minimum absolute atomic E-state index is 0.0552. The van der Waals surface area contributed by atoms with Crippen LogP contribution in [0.4, 0.5) is 0 Å². The predicted octanol–water partition coefficient (Wildman–Crippen LogP) is 4.63. The van der Waals surface area contributed by atoms with E-state index in [9.17, 15) is 14.7 Å². The highest BCUT2D eigenvalue weighted by Crippen LogP contribution is 2.57. The summed E-state index contributed by atoms with van der Waals surface area (Å²) in [6, 6.07) is 0. The average molecular weight is 465 g/mol. The molecule has 0 amide bonds. The van der Waals surface area contributed by atoms with Gasteiger partial charge in [-0.05, 0) is 16.9 Å². The summed E-state index contributed by atoms with van der Waals surface area (Å²) < 4.78 is 12.6. The Morgan fingerprint density at radius 1 is 0.962 bits per heavy atom. The number of hydrogen-bond donors (Lipinski definition) is 1. The van der Waals surface area contributed by atoms with Gasteiger partial charge in [-0.1, -0.05) is 70.6 Å². The molecular weight excluding hydrogens is 453 g/mol. The first-order valence-electron chi connectivity index (χ1n) is 6.97. The summed E-state index contributed by atoms with van der Waals surface area (Å²) in [6.07, 6.45) is 1.95. The van der Waals surface area contributed by atoms with Crippen LogP contribution in [0.5, 0.6) is 0 Å². The quantitative estimate of drug-likeness (QED) is 0.592. The third kappa shape index (κ3) is 4.57. The maximum atomic E-state index is 11.9. The Morgan fingerprint density at radius 2 is 1.54 bits per heavy atom. The fourth-order valence-corrected chi connectivity index (χ4v) is 9.03. The second-order valence-corrected chi connectivity index (χ2v) is 11.4. The van der Waals surface area contributed by atoms with Crippen LogP contribution in [0, 0.1) is 0 Å². The van der Waals surface area contributed by atoms with Crippen molar-refractivity contribution in [1.82, 2.24) is 0 Å². The lowest BCUT2D eigenvalue weighted by atomic mass is 10.5. The molecule has 0 spiro atoms. The molecule has 0 aliphatic carbocycles. The lowest BCUT2D eigenvalue weighted by molar-refractivity contribution is -0.138. The zero-order chi connectivity index (χ0) is 18.7. The van der Waals surface area contributed by atoms with E-state index >= 15 is 0 Å². The normalized spacial score (nSPS) is 22.5. The number of hydrogen-bond acceptors (Lipinski definition) is 11. The van der Waals surface area contributed by atoms with E-state index in [0.29, 0.717) is 0 Å². The molecule has 0 unspecified atom stereocenters. The first-order valence-corrected chi connectivity index (χ1v) is 12.0. The molecule has 3 aliphatic rings. The number of aliphatic hydroxyl groups excluding tert-OH is 1. The zero-order valence-corrected chi connectivity index (χ0v) is 18.4. The number of carbonyl (C=O) groups excluding carboxylic acids is 2. The standard InChI is InChI=1S/C15H12O5S6/c1-19-12(17)10-11(13(18)20-2)26-9(25-10)3-7-5-21-14(23-7)15-22-6-8(4-16)24-15/h3,5-6,16H,4H2,1-2H3/b15-14-. The second-order valence-electron chi connectivity index (χ2n) is 4.59. The van der Waals surface area contributed by atoms with E-state index in [2.05, 4.69) is 0 Å². The van der Waals surface area contributed by atoms with Gasteiger partial charge in [-0.2, -0.15) is 0 Å². The first kappa shape index (κ1) is 20.4. The molecular formula is C15H12O5S6. The van der Waals surface area contributed by atoms with Gasteiger partial charge in [0.05, 0.1) is 33.5 Å². The highest BCUT2D eigenvalue weighted by atomic mass is 32.2. The summed E-state index contributed by atoms with van der Waals surface area (Å²) in [6.45, 7) is 0.0552. The Hall–Kier alpha value is -0.300. The van der Waals surface area contributed by atoms with Crippen LogP contribution >= 0.6 is 70.6 Å². The molecule has 0 aromatic carbocycles. The molecule has 0 bridgehead atoms. The topological polar surface area (TPSA) is 72.8 Å². The van der Waals surface area contributed by atoms with Gasteiger partial charge in [0.15, 0.2) is 0 Å². The van der Waals surface area contributed by atoms with E-state index in [1.165, 1.54) is 37.7 Å². The Balaban J connectivity index is 1.70. The Labute approximate surface area is 175 Å². The number of esters is 2. The van der Waals surface area contributed by atoms with Crippen LogP contribution in [0.2, 0.25) is 0 Å². The monoisotopic (exact) mass is 464 g/mol. The van der Waals surface area contributed by atoms with E-state index in [1.807, 2.05) is 16.9 Å². The van der Waals surface area contributed by atoms with E-state index in [0.717, 1.165) is 22.5 Å². The van der Waals surface area contributed by atoms with Crippen molar-refractivity contribution in [1.29, 1.82) is 0 Å². The van der Waals surface area contributed by atoms with Gasteiger partial charge >= 0.3 is 11.9 Å². The van der Waals surface area contributed by atoms with Crippen molar-refractivity contribution in [2.24, 2.45) is 0 Å². The van der Waals surface area contributed by atoms with Gasteiger partial charge in [0.1, 0.15) is 9.81 Å². The molecule has 138 valence electrons. The molecule has 0 atom stereocenters. The van der Waals surface area contributed by atoms with Crippen molar-refractivity contribution in [3.05, 3.63) is 49.2 Å². The van der Waals surface area contributed by atoms with Crippen molar-refractivity contribution in [3.8, 4) is 0 Å². The van der Waals surface area contributed by atoms with Crippen LogP contribution < -0.4 is 0 Å². The van der Waals surface area contributed by atoms with E-state index < -0.39 is 11.9 Å². The van der Waals surface area contributed by atoms with Crippen LogP contribution in [-0.4, -0.2) is 37.9 Å². The summed E-state index contributed by atoms with van der Waals surface area (Å²) in [7, 11) is 2.57. The fourth-order valence-electron chi connectivity index (χ4n) is 1.81. The molecule has 0 saturated carbocycles. The molecule has 0 fully saturated rings. The number of rotatable bonds is 4. The summed E-state index contributed by atoms with van der Waals surface area (Å²) in [5, 5.41) is 13.2. The summed E-state index contributed by atoms with van der Waals surface area (Å²) in [5.41, 5.74) is 0. The van der Waals surface area contributed by atoms with Crippen LogP contribution in [0.3, 0.4) is 0 Å². The summed E-state index contributed by atoms with van der Waals surface area (Å²) in [4.78, 5) is 26.3. The smallest absolute Gasteiger partial charge is 0.346 e. The van der Waals surface area contributed by atoms with Crippen LogP contribution in [0.15, 0.2) is 49.2 Å². The van der Waals surface area contributed by atoms with Crippen LogP contribution in [0.25, 0.3) is 0 Å². The van der Waals surface area contributed by atoms with Crippen molar-refractivity contribution in [3.63, 3.8) is 0 Å². The van der Waals surface area contributed by atoms with Crippen molar-refractivity contribution >= 4 is 82.5 Å².